The molecule has 0 aromatic carbocycles. The van der Waals surface area contributed by atoms with Crippen molar-refractivity contribution in [1.29, 1.82) is 0 Å². The van der Waals surface area contributed by atoms with Crippen molar-refractivity contribution in [1.82, 2.24) is 4.57 Å². The Morgan fingerprint density at radius 1 is 1.44 bits per heavy atom. The zero-order valence-corrected chi connectivity index (χ0v) is 10.9. The Hall–Kier alpha value is -0.840. The van der Waals surface area contributed by atoms with Crippen LogP contribution in [0.15, 0.2) is 6.07 Å². The first-order chi connectivity index (χ1) is 8.75. The molecule has 2 aliphatic rings. The lowest BCUT2D eigenvalue weighted by Gasteiger charge is -2.26. The average Bonchev–Trinajstić information content (AvgIpc) is 2.70. The molecule has 1 saturated heterocycles. The van der Waals surface area contributed by atoms with Gasteiger partial charge in [0, 0.05) is 17.0 Å². The summed E-state index contributed by atoms with van der Waals surface area (Å²) < 4.78 is 13.5. The van der Waals surface area contributed by atoms with Gasteiger partial charge in [-0.3, -0.25) is 0 Å². The highest BCUT2D eigenvalue weighted by Gasteiger charge is 2.25. The number of aromatic nitrogens is 1. The number of nitrogens with zero attached hydrogens (tertiary/aromatic N) is 1. The maximum absolute atomic E-state index is 10.0. The second kappa shape index (κ2) is 5.03. The average molecular weight is 251 g/mol. The lowest BCUT2D eigenvalue weighted by atomic mass is 9.95. The number of aliphatic hydroxyl groups is 1. The van der Waals surface area contributed by atoms with E-state index in [-0.39, 0.29) is 12.2 Å². The molecule has 0 radical (unpaired) electrons. The van der Waals surface area contributed by atoms with Crippen LogP contribution in [0.4, 0.5) is 0 Å². The SMILES string of the molecule is Cc1cc2c(n1CC1COCCO1)CCCC2O. The molecule has 2 unspecified atom stereocenters. The Morgan fingerprint density at radius 3 is 3.11 bits per heavy atom. The van der Waals surface area contributed by atoms with Crippen LogP contribution in [0.25, 0.3) is 0 Å². The van der Waals surface area contributed by atoms with Crippen LogP contribution in [0.3, 0.4) is 0 Å². The van der Waals surface area contributed by atoms with E-state index in [2.05, 4.69) is 17.6 Å². The summed E-state index contributed by atoms with van der Waals surface area (Å²) in [6, 6.07) is 2.13. The molecule has 1 aliphatic heterocycles. The maximum Gasteiger partial charge on any atom is 0.0987 e. The van der Waals surface area contributed by atoms with Crippen molar-refractivity contribution in [3.05, 3.63) is 23.0 Å². The lowest BCUT2D eigenvalue weighted by molar-refractivity contribution is -0.0939. The van der Waals surface area contributed by atoms with Gasteiger partial charge in [-0.05, 0) is 32.3 Å². The summed E-state index contributed by atoms with van der Waals surface area (Å²) >= 11 is 0. The molecule has 0 amide bonds. The van der Waals surface area contributed by atoms with Crippen LogP contribution in [0, 0.1) is 6.92 Å². The van der Waals surface area contributed by atoms with Crippen LogP contribution in [-0.4, -0.2) is 35.6 Å². The van der Waals surface area contributed by atoms with Crippen molar-refractivity contribution in [2.75, 3.05) is 19.8 Å². The molecule has 1 N–H and O–H groups in total. The highest BCUT2D eigenvalue weighted by Crippen LogP contribution is 2.32. The van der Waals surface area contributed by atoms with E-state index in [4.69, 9.17) is 9.47 Å². The van der Waals surface area contributed by atoms with Crippen LogP contribution in [0.1, 0.15) is 35.9 Å². The number of rotatable bonds is 2. The molecule has 4 nitrogen and oxygen atoms in total. The number of hydrogen-bond acceptors (Lipinski definition) is 3. The highest BCUT2D eigenvalue weighted by molar-refractivity contribution is 5.31. The highest BCUT2D eigenvalue weighted by atomic mass is 16.6. The van der Waals surface area contributed by atoms with E-state index in [1.165, 1.54) is 11.4 Å². The van der Waals surface area contributed by atoms with Crippen molar-refractivity contribution in [2.24, 2.45) is 0 Å². The first-order valence-electron chi connectivity index (χ1n) is 6.82. The minimum Gasteiger partial charge on any atom is -0.388 e. The van der Waals surface area contributed by atoms with Crippen LogP contribution in [-0.2, 0) is 22.4 Å². The van der Waals surface area contributed by atoms with Crippen molar-refractivity contribution in [3.63, 3.8) is 0 Å². The van der Waals surface area contributed by atoms with Gasteiger partial charge in [0.1, 0.15) is 0 Å². The largest absolute Gasteiger partial charge is 0.388 e. The van der Waals surface area contributed by atoms with Crippen LogP contribution in [0.2, 0.25) is 0 Å². The third-order valence-corrected chi connectivity index (χ3v) is 3.97. The predicted molar refractivity (Wildman–Crippen MR) is 67.6 cm³/mol. The van der Waals surface area contributed by atoms with Gasteiger partial charge in [-0.15, -0.1) is 0 Å². The smallest absolute Gasteiger partial charge is 0.0987 e. The minimum absolute atomic E-state index is 0.146. The van der Waals surface area contributed by atoms with Crippen molar-refractivity contribution in [2.45, 2.75) is 44.9 Å². The molecule has 1 aromatic rings. The van der Waals surface area contributed by atoms with Gasteiger partial charge in [-0.1, -0.05) is 0 Å². The van der Waals surface area contributed by atoms with Gasteiger partial charge in [0.25, 0.3) is 0 Å². The second-order valence-corrected chi connectivity index (χ2v) is 5.27. The Kier molecular flexibility index (Phi) is 3.41. The molecule has 0 spiro atoms. The Bertz CT molecular complexity index is 421. The molecule has 0 saturated carbocycles. The summed E-state index contributed by atoms with van der Waals surface area (Å²) in [5, 5.41) is 10.0. The number of fused-ring (bicyclic) bond motifs is 1. The Labute approximate surface area is 108 Å². The topological polar surface area (TPSA) is 43.6 Å². The fourth-order valence-electron chi connectivity index (χ4n) is 3.04. The molecule has 1 aliphatic carbocycles. The summed E-state index contributed by atoms with van der Waals surface area (Å²) in [5.41, 5.74) is 3.63. The van der Waals surface area contributed by atoms with Crippen molar-refractivity contribution < 1.29 is 14.6 Å². The molecule has 1 aromatic heterocycles. The van der Waals surface area contributed by atoms with Crippen molar-refractivity contribution >= 4 is 0 Å². The third kappa shape index (κ3) is 2.20. The molecular weight excluding hydrogens is 230 g/mol. The molecule has 2 heterocycles. The molecule has 2 atom stereocenters. The van der Waals surface area contributed by atoms with Gasteiger partial charge in [0.05, 0.1) is 38.6 Å². The fourth-order valence-corrected chi connectivity index (χ4v) is 3.04. The molecular formula is C14H21NO3. The summed E-state index contributed by atoms with van der Waals surface area (Å²) in [6.07, 6.45) is 2.89. The van der Waals surface area contributed by atoms with E-state index < -0.39 is 0 Å². The van der Waals surface area contributed by atoms with E-state index in [0.29, 0.717) is 19.8 Å². The lowest BCUT2D eigenvalue weighted by Crippen LogP contribution is -2.33. The maximum atomic E-state index is 10.0. The van der Waals surface area contributed by atoms with Gasteiger partial charge in [-0.25, -0.2) is 0 Å². The van der Waals surface area contributed by atoms with Gasteiger partial charge in [0.2, 0.25) is 0 Å². The first-order valence-corrected chi connectivity index (χ1v) is 6.82. The summed E-state index contributed by atoms with van der Waals surface area (Å²) in [4.78, 5) is 0. The van der Waals surface area contributed by atoms with Gasteiger partial charge >= 0.3 is 0 Å². The molecule has 0 bridgehead atoms. The number of ether oxygens (including phenoxy) is 2. The zero-order valence-electron chi connectivity index (χ0n) is 10.9. The molecule has 18 heavy (non-hydrogen) atoms. The van der Waals surface area contributed by atoms with Crippen LogP contribution < -0.4 is 0 Å². The zero-order chi connectivity index (χ0) is 12.5. The Morgan fingerprint density at radius 2 is 2.33 bits per heavy atom. The molecule has 1 fully saturated rings. The number of aryl methyl sites for hydroxylation is 1. The third-order valence-electron chi connectivity index (χ3n) is 3.97. The standard InChI is InChI=1S/C14H21NO3/c1-10-7-12-13(3-2-4-14(12)16)15(10)8-11-9-17-5-6-18-11/h7,11,14,16H,2-6,8-9H2,1H3. The quantitative estimate of drug-likeness (QED) is 0.868. The second-order valence-electron chi connectivity index (χ2n) is 5.27. The van der Waals surface area contributed by atoms with Crippen LogP contribution >= 0.6 is 0 Å². The van der Waals surface area contributed by atoms with E-state index in [1.807, 2.05) is 0 Å². The van der Waals surface area contributed by atoms with E-state index >= 15 is 0 Å². The summed E-state index contributed by atoms with van der Waals surface area (Å²) in [5.74, 6) is 0. The predicted octanol–water partition coefficient (Wildman–Crippen LogP) is 1.58. The van der Waals surface area contributed by atoms with E-state index in [9.17, 15) is 5.11 Å². The van der Waals surface area contributed by atoms with E-state index in [1.54, 1.807) is 0 Å². The van der Waals surface area contributed by atoms with Gasteiger partial charge < -0.3 is 19.1 Å². The summed E-state index contributed by atoms with van der Waals surface area (Å²) in [7, 11) is 0. The van der Waals surface area contributed by atoms with Crippen LogP contribution in [0.5, 0.6) is 0 Å². The van der Waals surface area contributed by atoms with Gasteiger partial charge in [0.15, 0.2) is 0 Å². The molecule has 100 valence electrons. The Balaban J connectivity index is 1.82. The number of hydrogen-bond donors (Lipinski definition) is 1. The van der Waals surface area contributed by atoms with Gasteiger partial charge in [-0.2, -0.15) is 0 Å². The molecule has 4 heteroatoms. The molecule has 3 rings (SSSR count). The monoisotopic (exact) mass is 251 g/mol. The first kappa shape index (κ1) is 12.2. The normalized spacial score (nSPS) is 28.1. The summed E-state index contributed by atoms with van der Waals surface area (Å²) in [6.45, 7) is 5.02. The minimum atomic E-state index is -0.280. The van der Waals surface area contributed by atoms with Crippen molar-refractivity contribution in [3.8, 4) is 0 Å². The van der Waals surface area contributed by atoms with E-state index in [0.717, 1.165) is 31.4 Å². The number of aliphatic hydroxyl groups excluding tert-OH is 1. The fraction of sp³-hybridized carbons (Fsp3) is 0.714.